The minimum atomic E-state index is -0.956. The molecule has 3 aromatic carbocycles. The number of nitrogens with one attached hydrogen (secondary N) is 1. The average molecular weight is 415 g/mol. The molecule has 0 atom stereocenters. The quantitative estimate of drug-likeness (QED) is 0.368. The van der Waals surface area contributed by atoms with Crippen LogP contribution >= 0.6 is 11.3 Å². The predicted octanol–water partition coefficient (Wildman–Crippen LogP) is 6.73. The summed E-state index contributed by atoms with van der Waals surface area (Å²) in [7, 11) is 0. The lowest BCUT2D eigenvalue weighted by Crippen LogP contribution is -1.93. The summed E-state index contributed by atoms with van der Waals surface area (Å²) in [6.45, 7) is 0. The van der Waals surface area contributed by atoms with Gasteiger partial charge >= 0.3 is 0 Å². The highest BCUT2D eigenvalue weighted by molar-refractivity contribution is 7.11. The molecular formula is C24H15F2N3S. The van der Waals surface area contributed by atoms with Gasteiger partial charge < -0.3 is 5.32 Å². The summed E-state index contributed by atoms with van der Waals surface area (Å²) < 4.78 is 26.4. The molecule has 0 aliphatic heterocycles. The first-order chi connectivity index (χ1) is 14.6. The molecule has 1 heterocycles. The molecule has 1 N–H and O–H groups in total. The number of nitriles is 1. The van der Waals surface area contributed by atoms with Gasteiger partial charge in [-0.05, 0) is 23.3 Å². The van der Waals surface area contributed by atoms with Gasteiger partial charge in [0.2, 0.25) is 0 Å². The molecular weight excluding hydrogens is 400 g/mol. The van der Waals surface area contributed by atoms with Crippen molar-refractivity contribution in [3.8, 4) is 28.5 Å². The van der Waals surface area contributed by atoms with Crippen molar-refractivity contribution in [3.63, 3.8) is 0 Å². The Kier molecular flexibility index (Phi) is 5.64. The largest absolute Gasteiger partial charge is 0.360 e. The number of thiazole rings is 1. The Balaban J connectivity index is 1.53. The van der Waals surface area contributed by atoms with Crippen molar-refractivity contribution in [1.82, 2.24) is 4.98 Å². The average Bonchev–Trinajstić information content (AvgIpc) is 3.27. The molecule has 6 heteroatoms. The van der Waals surface area contributed by atoms with Gasteiger partial charge in [-0.1, -0.05) is 54.6 Å². The van der Waals surface area contributed by atoms with E-state index in [4.69, 9.17) is 0 Å². The molecule has 0 aliphatic rings. The van der Waals surface area contributed by atoms with E-state index >= 15 is 0 Å². The number of aromatic nitrogens is 1. The van der Waals surface area contributed by atoms with Gasteiger partial charge in [0.1, 0.15) is 16.6 Å². The Bertz CT molecular complexity index is 1240. The molecule has 0 saturated heterocycles. The number of rotatable bonds is 5. The van der Waals surface area contributed by atoms with Crippen LogP contribution in [-0.2, 0) is 0 Å². The number of anilines is 1. The standard InChI is InChI=1S/C24H15F2N3S/c25-21-11-10-20(12-22(21)26)28-14-19(13-27)24-29-23(15-30-24)18-8-6-17(7-9-18)16-4-2-1-3-5-16/h1-12,14-15,28H/b19-14+. The molecule has 0 saturated carbocycles. The van der Waals surface area contributed by atoms with E-state index in [-0.39, 0.29) is 0 Å². The third-order valence-electron chi connectivity index (χ3n) is 4.45. The second-order valence-corrected chi connectivity index (χ2v) is 7.28. The molecule has 146 valence electrons. The number of nitrogens with zero attached hydrogens (tertiary/aromatic N) is 2. The summed E-state index contributed by atoms with van der Waals surface area (Å²) >= 11 is 1.34. The van der Waals surface area contributed by atoms with E-state index in [2.05, 4.69) is 28.5 Å². The van der Waals surface area contributed by atoms with E-state index in [0.717, 1.165) is 34.5 Å². The smallest absolute Gasteiger partial charge is 0.160 e. The van der Waals surface area contributed by atoms with Crippen LogP contribution in [0.4, 0.5) is 14.5 Å². The van der Waals surface area contributed by atoms with Gasteiger partial charge in [0.15, 0.2) is 11.6 Å². The molecule has 0 unspecified atom stereocenters. The maximum Gasteiger partial charge on any atom is 0.160 e. The van der Waals surface area contributed by atoms with Crippen molar-refractivity contribution in [3.05, 3.63) is 101 Å². The molecule has 0 bridgehead atoms. The number of hydrogen-bond donors (Lipinski definition) is 1. The Morgan fingerprint density at radius 2 is 1.60 bits per heavy atom. The zero-order valence-corrected chi connectivity index (χ0v) is 16.5. The molecule has 0 radical (unpaired) electrons. The highest BCUT2D eigenvalue weighted by atomic mass is 32.1. The molecule has 0 fully saturated rings. The second kappa shape index (κ2) is 8.68. The maximum absolute atomic E-state index is 13.3. The minimum absolute atomic E-state index is 0.303. The van der Waals surface area contributed by atoms with E-state index in [9.17, 15) is 14.0 Å². The van der Waals surface area contributed by atoms with Crippen molar-refractivity contribution in [2.24, 2.45) is 0 Å². The molecule has 0 amide bonds. The lowest BCUT2D eigenvalue weighted by atomic mass is 10.0. The number of hydrogen-bond acceptors (Lipinski definition) is 4. The molecule has 0 aliphatic carbocycles. The maximum atomic E-state index is 13.3. The fourth-order valence-corrected chi connectivity index (χ4v) is 3.67. The third kappa shape index (κ3) is 4.27. The zero-order chi connectivity index (χ0) is 20.9. The van der Waals surface area contributed by atoms with Crippen LogP contribution in [0.25, 0.3) is 28.0 Å². The predicted molar refractivity (Wildman–Crippen MR) is 117 cm³/mol. The van der Waals surface area contributed by atoms with Gasteiger partial charge in [0.05, 0.1) is 5.69 Å². The van der Waals surface area contributed by atoms with Crippen LogP contribution < -0.4 is 5.32 Å². The van der Waals surface area contributed by atoms with E-state index in [0.29, 0.717) is 16.3 Å². The number of halogens is 2. The Labute approximate surface area is 176 Å². The van der Waals surface area contributed by atoms with Crippen LogP contribution in [0.2, 0.25) is 0 Å². The lowest BCUT2D eigenvalue weighted by Gasteiger charge is -2.03. The van der Waals surface area contributed by atoms with Crippen molar-refractivity contribution < 1.29 is 8.78 Å². The van der Waals surface area contributed by atoms with Crippen LogP contribution in [0.3, 0.4) is 0 Å². The minimum Gasteiger partial charge on any atom is -0.360 e. The van der Waals surface area contributed by atoms with Gasteiger partial charge in [-0.3, -0.25) is 0 Å². The van der Waals surface area contributed by atoms with Gasteiger partial charge in [-0.25, -0.2) is 13.8 Å². The van der Waals surface area contributed by atoms with Crippen molar-refractivity contribution >= 4 is 22.6 Å². The van der Waals surface area contributed by atoms with Gasteiger partial charge in [0, 0.05) is 28.9 Å². The van der Waals surface area contributed by atoms with Crippen molar-refractivity contribution in [1.29, 1.82) is 5.26 Å². The highest BCUT2D eigenvalue weighted by Gasteiger charge is 2.10. The highest BCUT2D eigenvalue weighted by Crippen LogP contribution is 2.28. The summed E-state index contributed by atoms with van der Waals surface area (Å²) in [5, 5.41) is 14.7. The third-order valence-corrected chi connectivity index (χ3v) is 5.32. The van der Waals surface area contributed by atoms with Crippen molar-refractivity contribution in [2.45, 2.75) is 0 Å². The first kappa shape index (κ1) is 19.5. The summed E-state index contributed by atoms with van der Waals surface area (Å²) in [4.78, 5) is 4.55. The van der Waals surface area contributed by atoms with Crippen LogP contribution in [-0.4, -0.2) is 4.98 Å². The lowest BCUT2D eigenvalue weighted by molar-refractivity contribution is 0.509. The molecule has 0 spiro atoms. The summed E-state index contributed by atoms with van der Waals surface area (Å²) in [6.07, 6.45) is 1.44. The van der Waals surface area contributed by atoms with Gasteiger partial charge in [-0.2, -0.15) is 5.26 Å². The molecule has 1 aromatic heterocycles. The first-order valence-electron chi connectivity index (χ1n) is 9.07. The van der Waals surface area contributed by atoms with Crippen LogP contribution in [0, 0.1) is 23.0 Å². The monoisotopic (exact) mass is 415 g/mol. The Morgan fingerprint density at radius 3 is 2.30 bits per heavy atom. The fraction of sp³-hybridized carbons (Fsp3) is 0. The summed E-state index contributed by atoms with van der Waals surface area (Å²) in [6, 6.07) is 23.7. The normalized spacial score (nSPS) is 11.2. The molecule has 3 nitrogen and oxygen atoms in total. The van der Waals surface area contributed by atoms with Crippen LogP contribution in [0.1, 0.15) is 5.01 Å². The van der Waals surface area contributed by atoms with Crippen LogP contribution in [0.5, 0.6) is 0 Å². The second-order valence-electron chi connectivity index (χ2n) is 6.42. The SMILES string of the molecule is N#C/C(=C\Nc1ccc(F)c(F)c1)c1nc(-c2ccc(-c3ccccc3)cc2)cs1. The first-order valence-corrected chi connectivity index (χ1v) is 9.95. The van der Waals surface area contributed by atoms with Crippen LogP contribution in [0.15, 0.2) is 84.4 Å². The summed E-state index contributed by atoms with van der Waals surface area (Å²) in [5.74, 6) is -1.88. The van der Waals surface area contributed by atoms with E-state index in [1.807, 2.05) is 47.8 Å². The molecule has 4 rings (SSSR count). The van der Waals surface area contributed by atoms with E-state index in [1.54, 1.807) is 0 Å². The van der Waals surface area contributed by atoms with Gasteiger partial charge in [-0.15, -0.1) is 11.3 Å². The fourth-order valence-electron chi connectivity index (χ4n) is 2.88. The number of allylic oxidation sites excluding steroid dienone is 1. The summed E-state index contributed by atoms with van der Waals surface area (Å²) in [5.41, 5.74) is 4.61. The Morgan fingerprint density at radius 1 is 0.900 bits per heavy atom. The van der Waals surface area contributed by atoms with E-state index in [1.165, 1.54) is 23.6 Å². The van der Waals surface area contributed by atoms with Gasteiger partial charge in [0.25, 0.3) is 0 Å². The molecule has 4 aromatic rings. The van der Waals surface area contributed by atoms with E-state index < -0.39 is 11.6 Å². The number of benzene rings is 3. The van der Waals surface area contributed by atoms with Crippen molar-refractivity contribution in [2.75, 3.05) is 5.32 Å². The molecule has 30 heavy (non-hydrogen) atoms. The Hall–Kier alpha value is -3.82. The topological polar surface area (TPSA) is 48.7 Å². The zero-order valence-electron chi connectivity index (χ0n) is 15.6.